The van der Waals surface area contributed by atoms with E-state index in [2.05, 4.69) is 18.8 Å². The zero-order valence-corrected chi connectivity index (χ0v) is 11.0. The fourth-order valence-electron chi connectivity index (χ4n) is 1.66. The highest BCUT2D eigenvalue weighted by Gasteiger charge is 2.09. The lowest BCUT2D eigenvalue weighted by Gasteiger charge is -2.07. The van der Waals surface area contributed by atoms with E-state index in [0.717, 1.165) is 17.7 Å². The maximum absolute atomic E-state index is 13.8. The number of halogens is 1. The molecule has 0 aliphatic rings. The molecule has 0 aliphatic carbocycles. The summed E-state index contributed by atoms with van der Waals surface area (Å²) in [5.41, 5.74) is 2.38. The third kappa shape index (κ3) is 3.81. The first kappa shape index (κ1) is 13.6. The van der Waals surface area contributed by atoms with Gasteiger partial charge < -0.3 is 0 Å². The minimum Gasteiger partial charge on any atom is -0.261 e. The van der Waals surface area contributed by atoms with Gasteiger partial charge in [-0.15, -0.1) is 0 Å². The molecular weight excluding hydrogens is 213 g/mol. The van der Waals surface area contributed by atoms with Crippen LogP contribution < -0.4 is 0 Å². The highest BCUT2D eigenvalue weighted by atomic mass is 19.1. The molecule has 0 heterocycles. The molecule has 2 heteroatoms. The van der Waals surface area contributed by atoms with Gasteiger partial charge in [0.15, 0.2) is 0 Å². The lowest BCUT2D eigenvalue weighted by molar-refractivity contribution is 0.623. The van der Waals surface area contributed by atoms with Gasteiger partial charge in [0, 0.05) is 17.5 Å². The summed E-state index contributed by atoms with van der Waals surface area (Å²) in [5, 5.41) is 0. The zero-order chi connectivity index (χ0) is 12.8. The first-order valence-electron chi connectivity index (χ1n) is 6.05. The Hall–Kier alpha value is -1.44. The number of benzene rings is 1. The van der Waals surface area contributed by atoms with Crippen molar-refractivity contribution in [2.45, 2.75) is 34.1 Å². The molecule has 0 unspecified atom stereocenters. The summed E-state index contributed by atoms with van der Waals surface area (Å²) in [7, 11) is 0. The van der Waals surface area contributed by atoms with Gasteiger partial charge in [0.1, 0.15) is 5.82 Å². The lowest BCUT2D eigenvalue weighted by Crippen LogP contribution is -2.03. The molecule has 1 aromatic rings. The molecule has 1 nitrogen and oxygen atoms in total. The summed E-state index contributed by atoms with van der Waals surface area (Å²) in [6, 6.07) is 5.18. The van der Waals surface area contributed by atoms with E-state index in [9.17, 15) is 4.39 Å². The van der Waals surface area contributed by atoms with E-state index >= 15 is 0 Å². The topological polar surface area (TPSA) is 12.4 Å². The minimum atomic E-state index is -0.191. The average Bonchev–Trinajstić information content (AvgIpc) is 2.27. The number of hydrogen-bond acceptors (Lipinski definition) is 1. The molecule has 0 amide bonds. The van der Waals surface area contributed by atoms with Crippen molar-refractivity contribution in [2.24, 2.45) is 10.9 Å². The highest BCUT2D eigenvalue weighted by Crippen LogP contribution is 2.15. The normalized spacial score (nSPS) is 12.7. The summed E-state index contributed by atoms with van der Waals surface area (Å²) in [5.74, 6) is 0.265. The van der Waals surface area contributed by atoms with Gasteiger partial charge in [-0.1, -0.05) is 39.0 Å². The van der Waals surface area contributed by atoms with Crippen LogP contribution in [-0.2, 0) is 6.42 Å². The Bertz CT molecular complexity index is 431. The van der Waals surface area contributed by atoms with Crippen LogP contribution in [0.25, 0.3) is 0 Å². The predicted molar refractivity (Wildman–Crippen MR) is 72.0 cm³/mol. The molecule has 92 valence electrons. The van der Waals surface area contributed by atoms with Crippen molar-refractivity contribution in [1.82, 2.24) is 0 Å². The van der Waals surface area contributed by atoms with Gasteiger partial charge >= 0.3 is 0 Å². The molecule has 0 radical (unpaired) electrons. The number of rotatable bonds is 4. The first-order chi connectivity index (χ1) is 8.06. The number of hydrogen-bond donors (Lipinski definition) is 0. The van der Waals surface area contributed by atoms with Crippen LogP contribution in [0, 0.1) is 11.7 Å². The zero-order valence-electron chi connectivity index (χ0n) is 11.0. The van der Waals surface area contributed by atoms with E-state index in [4.69, 9.17) is 0 Å². The SMILES string of the molecule is CCc1cccc(F)c1C(C)=N/C=C\C(C)C. The van der Waals surface area contributed by atoms with E-state index in [1.54, 1.807) is 12.3 Å². The molecule has 17 heavy (non-hydrogen) atoms. The van der Waals surface area contributed by atoms with Crippen LogP contribution in [0.1, 0.15) is 38.8 Å². The molecule has 0 spiro atoms. The number of allylic oxidation sites excluding steroid dienone is 1. The third-order valence-electron chi connectivity index (χ3n) is 2.58. The van der Waals surface area contributed by atoms with Crippen LogP contribution in [0.15, 0.2) is 35.5 Å². The van der Waals surface area contributed by atoms with E-state index < -0.39 is 0 Å². The second-order valence-corrected chi connectivity index (χ2v) is 4.43. The van der Waals surface area contributed by atoms with Gasteiger partial charge in [-0.05, 0) is 30.9 Å². The van der Waals surface area contributed by atoms with Crippen molar-refractivity contribution in [2.75, 3.05) is 0 Å². The molecule has 0 aromatic heterocycles. The second-order valence-electron chi connectivity index (χ2n) is 4.43. The Balaban J connectivity index is 3.07. The van der Waals surface area contributed by atoms with Gasteiger partial charge in [0.05, 0.1) is 0 Å². The van der Waals surface area contributed by atoms with Crippen molar-refractivity contribution >= 4 is 5.71 Å². The largest absolute Gasteiger partial charge is 0.261 e. The molecule has 0 N–H and O–H groups in total. The van der Waals surface area contributed by atoms with Crippen LogP contribution in [0.2, 0.25) is 0 Å². The highest BCUT2D eigenvalue weighted by molar-refractivity contribution is 6.00. The molecule has 1 aromatic carbocycles. The molecule has 1 rings (SSSR count). The molecule has 0 saturated heterocycles. The predicted octanol–water partition coefficient (Wildman–Crippen LogP) is 4.37. The summed E-state index contributed by atoms with van der Waals surface area (Å²) in [6.07, 6.45) is 4.57. The van der Waals surface area contributed by atoms with E-state index in [-0.39, 0.29) is 5.82 Å². The molecule has 0 bridgehead atoms. The van der Waals surface area contributed by atoms with E-state index in [0.29, 0.717) is 11.5 Å². The van der Waals surface area contributed by atoms with Gasteiger partial charge in [-0.2, -0.15) is 0 Å². The van der Waals surface area contributed by atoms with Crippen LogP contribution in [0.4, 0.5) is 4.39 Å². The Morgan fingerprint density at radius 1 is 1.41 bits per heavy atom. The second kappa shape index (κ2) is 6.33. The minimum absolute atomic E-state index is 0.191. The lowest BCUT2D eigenvalue weighted by atomic mass is 10.0. The van der Waals surface area contributed by atoms with Crippen molar-refractivity contribution in [3.05, 3.63) is 47.4 Å². The Labute approximate surface area is 103 Å². The summed E-state index contributed by atoms with van der Waals surface area (Å²) >= 11 is 0. The molecule has 0 fully saturated rings. The van der Waals surface area contributed by atoms with E-state index in [1.165, 1.54) is 6.07 Å². The molecule has 0 atom stereocenters. The first-order valence-corrected chi connectivity index (χ1v) is 6.05. The summed E-state index contributed by atoms with van der Waals surface area (Å²) in [4.78, 5) is 4.30. The maximum Gasteiger partial charge on any atom is 0.132 e. The Kier molecular flexibility index (Phi) is 5.08. The average molecular weight is 233 g/mol. The van der Waals surface area contributed by atoms with Gasteiger partial charge in [0.25, 0.3) is 0 Å². The fourth-order valence-corrected chi connectivity index (χ4v) is 1.66. The number of aliphatic imine (C=N–C) groups is 1. The van der Waals surface area contributed by atoms with Gasteiger partial charge in [-0.25, -0.2) is 4.39 Å². The van der Waals surface area contributed by atoms with Crippen molar-refractivity contribution < 1.29 is 4.39 Å². The third-order valence-corrected chi connectivity index (χ3v) is 2.58. The molecular formula is C15H20FN. The van der Waals surface area contributed by atoms with Crippen LogP contribution in [0.3, 0.4) is 0 Å². The van der Waals surface area contributed by atoms with E-state index in [1.807, 2.05) is 26.0 Å². The van der Waals surface area contributed by atoms with Crippen molar-refractivity contribution in [1.29, 1.82) is 0 Å². The number of aryl methyl sites for hydroxylation is 1. The number of nitrogens with zero attached hydrogens (tertiary/aromatic N) is 1. The monoisotopic (exact) mass is 233 g/mol. The van der Waals surface area contributed by atoms with Crippen molar-refractivity contribution in [3.63, 3.8) is 0 Å². The fraction of sp³-hybridized carbons (Fsp3) is 0.400. The van der Waals surface area contributed by atoms with Crippen LogP contribution >= 0.6 is 0 Å². The smallest absolute Gasteiger partial charge is 0.132 e. The van der Waals surface area contributed by atoms with Crippen molar-refractivity contribution in [3.8, 4) is 0 Å². The quantitative estimate of drug-likeness (QED) is 0.685. The Morgan fingerprint density at radius 2 is 2.12 bits per heavy atom. The summed E-state index contributed by atoms with van der Waals surface area (Å²) < 4.78 is 13.8. The summed E-state index contributed by atoms with van der Waals surface area (Å²) in [6.45, 7) is 8.04. The van der Waals surface area contributed by atoms with Crippen LogP contribution in [-0.4, -0.2) is 5.71 Å². The van der Waals surface area contributed by atoms with Crippen LogP contribution in [0.5, 0.6) is 0 Å². The standard InChI is InChI=1S/C15H20FN/c1-5-13-7-6-8-14(16)15(13)12(4)17-10-9-11(2)3/h6-11H,5H2,1-4H3/b10-9-,17-12?. The van der Waals surface area contributed by atoms with Gasteiger partial charge in [-0.3, -0.25) is 4.99 Å². The Morgan fingerprint density at radius 3 is 2.71 bits per heavy atom. The maximum atomic E-state index is 13.8. The van der Waals surface area contributed by atoms with Gasteiger partial charge in [0.2, 0.25) is 0 Å². The molecule has 0 saturated carbocycles. The molecule has 0 aliphatic heterocycles.